The molecule has 1 fully saturated rings. The number of fused-ring (bicyclic) bond motifs is 1. The van der Waals surface area contributed by atoms with Crippen LogP contribution in [-0.2, 0) is 6.42 Å². The van der Waals surface area contributed by atoms with Crippen LogP contribution in [-0.4, -0.2) is 12.6 Å². The number of hydrogen-bond acceptors (Lipinski definition) is 2. The molecule has 0 aromatic heterocycles. The maximum atomic E-state index is 5.85. The molecule has 17 heavy (non-hydrogen) atoms. The summed E-state index contributed by atoms with van der Waals surface area (Å²) in [5.74, 6) is 2.35. The molecule has 3 rings (SSSR count). The molecule has 1 aromatic carbocycles. The highest BCUT2D eigenvalue weighted by atomic mass is 16.5. The fraction of sp³-hybridized carbons (Fsp3) is 0.600. The molecule has 3 atom stereocenters. The molecule has 1 aromatic rings. The van der Waals surface area contributed by atoms with Crippen LogP contribution in [0, 0.1) is 11.3 Å². The third-order valence-corrected chi connectivity index (χ3v) is 4.58. The molecule has 2 aliphatic rings. The second-order valence-corrected chi connectivity index (χ2v) is 6.14. The Balaban J connectivity index is 1.90. The van der Waals surface area contributed by atoms with E-state index < -0.39 is 0 Å². The first-order chi connectivity index (χ1) is 8.04. The molecule has 1 heterocycles. The summed E-state index contributed by atoms with van der Waals surface area (Å²) in [7, 11) is 0. The molecule has 0 radical (unpaired) electrons. The Hall–Kier alpha value is -1.02. The van der Waals surface area contributed by atoms with Crippen LogP contribution >= 0.6 is 0 Å². The van der Waals surface area contributed by atoms with Crippen molar-refractivity contribution < 1.29 is 4.74 Å². The van der Waals surface area contributed by atoms with Gasteiger partial charge in [0.05, 0.1) is 0 Å². The van der Waals surface area contributed by atoms with E-state index in [0.717, 1.165) is 18.7 Å². The normalized spacial score (nSPS) is 33.1. The van der Waals surface area contributed by atoms with E-state index in [1.54, 1.807) is 0 Å². The van der Waals surface area contributed by atoms with Crippen molar-refractivity contribution in [3.05, 3.63) is 29.3 Å². The summed E-state index contributed by atoms with van der Waals surface area (Å²) in [4.78, 5) is 0. The summed E-state index contributed by atoms with van der Waals surface area (Å²) in [6.45, 7) is 7.56. The molecular weight excluding hydrogens is 210 g/mol. The van der Waals surface area contributed by atoms with Crippen LogP contribution in [0.5, 0.6) is 5.75 Å². The zero-order valence-corrected chi connectivity index (χ0v) is 10.9. The van der Waals surface area contributed by atoms with Crippen LogP contribution in [0.25, 0.3) is 0 Å². The lowest BCUT2D eigenvalue weighted by atomic mass is 10.00. The van der Waals surface area contributed by atoms with Crippen molar-refractivity contribution in [3.63, 3.8) is 0 Å². The van der Waals surface area contributed by atoms with Crippen LogP contribution in [0.2, 0.25) is 0 Å². The van der Waals surface area contributed by atoms with Gasteiger partial charge in [0.1, 0.15) is 11.9 Å². The standard InChI is InChI=1S/C15H21NO/c1-9-6-11-7-10(4-5-13(11)17-9)14-12(8-16)15(14,2)3/h4-5,7,9,12,14H,6,8,16H2,1-3H3/t9?,12-,14-/m0/s1. The molecule has 0 amide bonds. The SMILES string of the molecule is CC1Cc2cc([C@H]3[C@H](CN)C3(C)C)ccc2O1. The molecule has 1 saturated carbocycles. The summed E-state index contributed by atoms with van der Waals surface area (Å²) >= 11 is 0. The highest BCUT2D eigenvalue weighted by Crippen LogP contribution is 2.64. The smallest absolute Gasteiger partial charge is 0.123 e. The van der Waals surface area contributed by atoms with E-state index in [2.05, 4.69) is 39.0 Å². The number of hydrogen-bond donors (Lipinski definition) is 1. The molecule has 2 heteroatoms. The van der Waals surface area contributed by atoms with E-state index in [0.29, 0.717) is 23.4 Å². The maximum Gasteiger partial charge on any atom is 0.123 e. The fourth-order valence-electron chi connectivity index (χ4n) is 3.48. The first-order valence-electron chi connectivity index (χ1n) is 6.53. The van der Waals surface area contributed by atoms with Crippen molar-refractivity contribution in [1.29, 1.82) is 0 Å². The van der Waals surface area contributed by atoms with E-state index in [1.165, 1.54) is 11.1 Å². The Morgan fingerprint density at radius 1 is 1.41 bits per heavy atom. The number of nitrogens with two attached hydrogens (primary N) is 1. The second-order valence-electron chi connectivity index (χ2n) is 6.14. The fourth-order valence-corrected chi connectivity index (χ4v) is 3.48. The number of rotatable bonds is 2. The van der Waals surface area contributed by atoms with Crippen molar-refractivity contribution in [3.8, 4) is 5.75 Å². The quantitative estimate of drug-likeness (QED) is 0.849. The lowest BCUT2D eigenvalue weighted by Gasteiger charge is -2.05. The predicted molar refractivity (Wildman–Crippen MR) is 69.3 cm³/mol. The van der Waals surface area contributed by atoms with Gasteiger partial charge in [-0.25, -0.2) is 0 Å². The molecule has 0 bridgehead atoms. The Morgan fingerprint density at radius 2 is 2.18 bits per heavy atom. The van der Waals surface area contributed by atoms with E-state index in [9.17, 15) is 0 Å². The van der Waals surface area contributed by atoms with Crippen LogP contribution in [0.15, 0.2) is 18.2 Å². The van der Waals surface area contributed by atoms with Crippen LogP contribution in [0.3, 0.4) is 0 Å². The van der Waals surface area contributed by atoms with Crippen LogP contribution in [0.4, 0.5) is 0 Å². The van der Waals surface area contributed by atoms with Crippen molar-refractivity contribution >= 4 is 0 Å². The Bertz CT molecular complexity index is 452. The highest BCUT2D eigenvalue weighted by Gasteiger charge is 2.57. The molecule has 2 nitrogen and oxygen atoms in total. The van der Waals surface area contributed by atoms with Crippen molar-refractivity contribution in [2.45, 2.75) is 39.2 Å². The van der Waals surface area contributed by atoms with Gasteiger partial charge >= 0.3 is 0 Å². The first-order valence-corrected chi connectivity index (χ1v) is 6.53. The van der Waals surface area contributed by atoms with E-state index >= 15 is 0 Å². The molecule has 0 saturated heterocycles. The van der Waals surface area contributed by atoms with Gasteiger partial charge in [0.15, 0.2) is 0 Å². The van der Waals surface area contributed by atoms with Gasteiger partial charge in [0, 0.05) is 6.42 Å². The van der Waals surface area contributed by atoms with Crippen molar-refractivity contribution in [1.82, 2.24) is 0 Å². The summed E-state index contributed by atoms with van der Waals surface area (Å²) in [6, 6.07) is 6.69. The number of ether oxygens (including phenoxy) is 1. The zero-order valence-electron chi connectivity index (χ0n) is 10.9. The van der Waals surface area contributed by atoms with Crippen molar-refractivity contribution in [2.24, 2.45) is 17.1 Å². The van der Waals surface area contributed by atoms with Gasteiger partial charge in [0.25, 0.3) is 0 Å². The number of benzene rings is 1. The van der Waals surface area contributed by atoms with Gasteiger partial charge in [0.2, 0.25) is 0 Å². The summed E-state index contributed by atoms with van der Waals surface area (Å²) in [5.41, 5.74) is 9.03. The van der Waals surface area contributed by atoms with Crippen LogP contribution in [0.1, 0.15) is 37.8 Å². The monoisotopic (exact) mass is 231 g/mol. The predicted octanol–water partition coefficient (Wildman–Crippen LogP) is 2.71. The Kier molecular flexibility index (Phi) is 2.27. The Morgan fingerprint density at radius 3 is 2.82 bits per heavy atom. The van der Waals surface area contributed by atoms with Gasteiger partial charge in [-0.2, -0.15) is 0 Å². The summed E-state index contributed by atoms with van der Waals surface area (Å²) in [5, 5.41) is 0. The topological polar surface area (TPSA) is 35.2 Å². The van der Waals surface area contributed by atoms with Gasteiger partial charge in [-0.15, -0.1) is 0 Å². The minimum atomic E-state index is 0.331. The van der Waals surface area contributed by atoms with E-state index in [1.807, 2.05) is 0 Å². The molecule has 1 aliphatic heterocycles. The molecule has 0 spiro atoms. The first kappa shape index (κ1) is 11.1. The van der Waals surface area contributed by atoms with Gasteiger partial charge in [-0.3, -0.25) is 0 Å². The average molecular weight is 231 g/mol. The largest absolute Gasteiger partial charge is 0.490 e. The minimum absolute atomic E-state index is 0.331. The lowest BCUT2D eigenvalue weighted by molar-refractivity contribution is 0.254. The zero-order chi connectivity index (χ0) is 12.2. The van der Waals surface area contributed by atoms with Gasteiger partial charge in [-0.05, 0) is 47.9 Å². The summed E-state index contributed by atoms with van der Waals surface area (Å²) in [6.07, 6.45) is 1.38. The molecule has 2 N–H and O–H groups in total. The molecule has 1 aliphatic carbocycles. The van der Waals surface area contributed by atoms with E-state index in [4.69, 9.17) is 10.5 Å². The van der Waals surface area contributed by atoms with Crippen LogP contribution < -0.4 is 10.5 Å². The van der Waals surface area contributed by atoms with Crippen molar-refractivity contribution in [2.75, 3.05) is 6.54 Å². The summed E-state index contributed by atoms with van der Waals surface area (Å²) < 4.78 is 5.74. The lowest BCUT2D eigenvalue weighted by Crippen LogP contribution is -2.05. The van der Waals surface area contributed by atoms with E-state index in [-0.39, 0.29) is 0 Å². The third-order valence-electron chi connectivity index (χ3n) is 4.58. The maximum absolute atomic E-state index is 5.85. The second kappa shape index (κ2) is 3.49. The van der Waals surface area contributed by atoms with Gasteiger partial charge < -0.3 is 10.5 Å². The molecule has 92 valence electrons. The van der Waals surface area contributed by atoms with Gasteiger partial charge in [-0.1, -0.05) is 26.0 Å². The highest BCUT2D eigenvalue weighted by molar-refractivity contribution is 5.44. The molecular formula is C15H21NO. The minimum Gasteiger partial charge on any atom is -0.490 e. The average Bonchev–Trinajstić information content (AvgIpc) is 2.63. The third kappa shape index (κ3) is 1.58. The Labute approximate surface area is 103 Å². The molecule has 1 unspecified atom stereocenters.